The van der Waals surface area contributed by atoms with Gasteiger partial charge >= 0.3 is 12.0 Å². The largest absolute Gasteiger partial charge is 0.481 e. The number of rotatable bonds is 3. The number of urea groups is 1. The first-order valence-electron chi connectivity index (χ1n) is 5.89. The maximum absolute atomic E-state index is 11.8. The molecule has 0 radical (unpaired) electrons. The molecule has 20 heavy (non-hydrogen) atoms. The van der Waals surface area contributed by atoms with E-state index in [2.05, 4.69) is 26.6 Å². The summed E-state index contributed by atoms with van der Waals surface area (Å²) in [6.07, 6.45) is 3.65. The molecule has 0 heterocycles. The highest BCUT2D eigenvalue weighted by Gasteiger charge is 2.25. The molecular weight excluding hydrogens is 348 g/mol. The minimum Gasteiger partial charge on any atom is -0.481 e. The van der Waals surface area contributed by atoms with Crippen molar-refractivity contribution >= 4 is 45.2 Å². The SMILES string of the molecule is O=C(Nc1ccc(Cl)c(Br)c1)NC1C=CC(C(=O)O)C1. The summed E-state index contributed by atoms with van der Waals surface area (Å²) in [5.41, 5.74) is 0.593. The van der Waals surface area contributed by atoms with Crippen molar-refractivity contribution in [3.8, 4) is 0 Å². The quantitative estimate of drug-likeness (QED) is 0.725. The van der Waals surface area contributed by atoms with E-state index in [0.717, 1.165) is 0 Å². The van der Waals surface area contributed by atoms with Crippen molar-refractivity contribution in [3.05, 3.63) is 39.8 Å². The van der Waals surface area contributed by atoms with Gasteiger partial charge in [-0.05, 0) is 40.5 Å². The Morgan fingerprint density at radius 2 is 2.10 bits per heavy atom. The lowest BCUT2D eigenvalue weighted by molar-refractivity contribution is -0.140. The Kier molecular flexibility index (Phi) is 4.67. The highest BCUT2D eigenvalue weighted by molar-refractivity contribution is 9.10. The second-order valence-corrected chi connectivity index (χ2v) is 5.66. The number of carbonyl (C=O) groups is 2. The number of anilines is 1. The van der Waals surface area contributed by atoms with Gasteiger partial charge in [0.15, 0.2) is 0 Å². The Bertz CT molecular complexity index is 577. The highest BCUT2D eigenvalue weighted by atomic mass is 79.9. The Morgan fingerprint density at radius 1 is 1.35 bits per heavy atom. The summed E-state index contributed by atoms with van der Waals surface area (Å²) < 4.78 is 0.684. The van der Waals surface area contributed by atoms with E-state index in [1.807, 2.05) is 0 Å². The molecule has 0 bridgehead atoms. The first-order valence-corrected chi connectivity index (χ1v) is 7.06. The molecule has 0 fully saturated rings. The van der Waals surface area contributed by atoms with Crippen LogP contribution in [0, 0.1) is 5.92 Å². The fourth-order valence-corrected chi connectivity index (χ4v) is 2.39. The van der Waals surface area contributed by atoms with Crippen LogP contribution in [0.25, 0.3) is 0 Å². The molecule has 5 nitrogen and oxygen atoms in total. The van der Waals surface area contributed by atoms with E-state index in [-0.39, 0.29) is 12.1 Å². The molecule has 1 aliphatic rings. The third kappa shape index (κ3) is 3.74. The molecule has 0 aromatic heterocycles. The molecule has 2 amide bonds. The van der Waals surface area contributed by atoms with Gasteiger partial charge in [-0.3, -0.25) is 4.79 Å². The summed E-state index contributed by atoms with van der Waals surface area (Å²) in [5, 5.41) is 14.8. The van der Waals surface area contributed by atoms with E-state index in [4.69, 9.17) is 16.7 Å². The van der Waals surface area contributed by atoms with Gasteiger partial charge in [-0.2, -0.15) is 0 Å². The van der Waals surface area contributed by atoms with E-state index < -0.39 is 11.9 Å². The molecule has 2 unspecified atom stereocenters. The third-order valence-electron chi connectivity index (χ3n) is 2.89. The van der Waals surface area contributed by atoms with E-state index >= 15 is 0 Å². The van der Waals surface area contributed by atoms with E-state index in [1.54, 1.807) is 30.4 Å². The lowest BCUT2D eigenvalue weighted by Crippen LogP contribution is -2.36. The number of halogens is 2. The molecule has 2 rings (SSSR count). The summed E-state index contributed by atoms with van der Waals surface area (Å²) in [4.78, 5) is 22.6. The molecule has 0 aliphatic heterocycles. The zero-order valence-electron chi connectivity index (χ0n) is 10.3. The van der Waals surface area contributed by atoms with Crippen LogP contribution in [0.1, 0.15) is 6.42 Å². The van der Waals surface area contributed by atoms with Gasteiger partial charge < -0.3 is 15.7 Å². The molecule has 0 spiro atoms. The summed E-state index contributed by atoms with van der Waals surface area (Å²) in [6.45, 7) is 0. The highest BCUT2D eigenvalue weighted by Crippen LogP contribution is 2.25. The fourth-order valence-electron chi connectivity index (χ4n) is 1.90. The molecule has 1 aromatic carbocycles. The number of aliphatic carboxylic acids is 1. The monoisotopic (exact) mass is 358 g/mol. The summed E-state index contributed by atoms with van der Waals surface area (Å²) >= 11 is 9.13. The average molecular weight is 360 g/mol. The van der Waals surface area contributed by atoms with Gasteiger partial charge in [0, 0.05) is 10.2 Å². The summed E-state index contributed by atoms with van der Waals surface area (Å²) in [7, 11) is 0. The van der Waals surface area contributed by atoms with Crippen molar-refractivity contribution in [3.63, 3.8) is 0 Å². The maximum Gasteiger partial charge on any atom is 0.319 e. The normalized spacial score (nSPS) is 20.7. The topological polar surface area (TPSA) is 78.4 Å². The van der Waals surface area contributed by atoms with E-state index in [1.165, 1.54) is 0 Å². The van der Waals surface area contributed by atoms with Crippen LogP contribution in [0.4, 0.5) is 10.5 Å². The van der Waals surface area contributed by atoms with Crippen LogP contribution >= 0.6 is 27.5 Å². The van der Waals surface area contributed by atoms with Gasteiger partial charge in [-0.1, -0.05) is 23.8 Å². The van der Waals surface area contributed by atoms with Crippen molar-refractivity contribution in [1.29, 1.82) is 0 Å². The standard InChI is InChI=1S/C13H12BrClN2O3/c14-10-6-9(3-4-11(10)15)17-13(20)16-8-2-1-7(5-8)12(18)19/h1-4,6-8H,5H2,(H,18,19)(H2,16,17,20). The maximum atomic E-state index is 11.8. The van der Waals surface area contributed by atoms with E-state index in [9.17, 15) is 9.59 Å². The van der Waals surface area contributed by atoms with Gasteiger partial charge in [0.1, 0.15) is 0 Å². The molecule has 106 valence electrons. The van der Waals surface area contributed by atoms with Gasteiger partial charge in [0.2, 0.25) is 0 Å². The van der Waals surface area contributed by atoms with Gasteiger partial charge in [-0.15, -0.1) is 0 Å². The lowest BCUT2D eigenvalue weighted by Gasteiger charge is -2.13. The van der Waals surface area contributed by atoms with Crippen molar-refractivity contribution in [2.24, 2.45) is 5.92 Å². The minimum atomic E-state index is -0.882. The number of carbonyl (C=O) groups excluding carboxylic acids is 1. The Morgan fingerprint density at radius 3 is 2.70 bits per heavy atom. The summed E-state index contributed by atoms with van der Waals surface area (Å²) in [6, 6.07) is 4.37. The lowest BCUT2D eigenvalue weighted by atomic mass is 10.1. The zero-order chi connectivity index (χ0) is 14.7. The van der Waals surface area contributed by atoms with Crippen LogP contribution in [0.15, 0.2) is 34.8 Å². The average Bonchev–Trinajstić information content (AvgIpc) is 2.82. The molecule has 2 atom stereocenters. The van der Waals surface area contributed by atoms with Gasteiger partial charge in [-0.25, -0.2) is 4.79 Å². The summed E-state index contributed by atoms with van der Waals surface area (Å²) in [5.74, 6) is -1.42. The molecule has 0 saturated carbocycles. The number of amides is 2. The number of hydrogen-bond donors (Lipinski definition) is 3. The fraction of sp³-hybridized carbons (Fsp3) is 0.231. The van der Waals surface area contributed by atoms with Crippen molar-refractivity contribution in [2.45, 2.75) is 12.5 Å². The number of carboxylic acid groups (broad SMARTS) is 1. The Labute approximate surface area is 129 Å². The first-order chi connectivity index (χ1) is 9.45. The second kappa shape index (κ2) is 6.28. The van der Waals surface area contributed by atoms with E-state index in [0.29, 0.717) is 21.6 Å². The predicted molar refractivity (Wildman–Crippen MR) is 80.0 cm³/mol. The number of benzene rings is 1. The van der Waals surface area contributed by atoms with Crippen molar-refractivity contribution < 1.29 is 14.7 Å². The van der Waals surface area contributed by atoms with Crippen molar-refractivity contribution in [1.82, 2.24) is 5.32 Å². The van der Waals surface area contributed by atoms with Crippen LogP contribution in [-0.2, 0) is 4.79 Å². The molecule has 1 aromatic rings. The van der Waals surface area contributed by atoms with Crippen LogP contribution < -0.4 is 10.6 Å². The first kappa shape index (κ1) is 14.9. The number of nitrogens with one attached hydrogen (secondary N) is 2. The number of hydrogen-bond acceptors (Lipinski definition) is 2. The van der Waals surface area contributed by atoms with Crippen LogP contribution in [0.3, 0.4) is 0 Å². The smallest absolute Gasteiger partial charge is 0.319 e. The number of carboxylic acids is 1. The van der Waals surface area contributed by atoms with Crippen LogP contribution in [-0.4, -0.2) is 23.1 Å². The minimum absolute atomic E-state index is 0.271. The van der Waals surface area contributed by atoms with Gasteiger partial charge in [0.05, 0.1) is 17.0 Å². The Hall–Kier alpha value is -1.53. The molecular formula is C13H12BrClN2O3. The van der Waals surface area contributed by atoms with Gasteiger partial charge in [0.25, 0.3) is 0 Å². The molecule has 3 N–H and O–H groups in total. The zero-order valence-corrected chi connectivity index (χ0v) is 12.6. The van der Waals surface area contributed by atoms with Crippen molar-refractivity contribution in [2.75, 3.05) is 5.32 Å². The third-order valence-corrected chi connectivity index (χ3v) is 4.11. The second-order valence-electron chi connectivity index (χ2n) is 4.40. The van der Waals surface area contributed by atoms with Crippen LogP contribution in [0.2, 0.25) is 5.02 Å². The molecule has 0 saturated heterocycles. The van der Waals surface area contributed by atoms with Crippen LogP contribution in [0.5, 0.6) is 0 Å². The molecule has 7 heteroatoms. The Balaban J connectivity index is 1.89. The molecule has 1 aliphatic carbocycles. The predicted octanol–water partition coefficient (Wildman–Crippen LogP) is 3.25.